The van der Waals surface area contributed by atoms with Crippen molar-refractivity contribution >= 4 is 81.4 Å². The Bertz CT molecular complexity index is 3220. The van der Waals surface area contributed by atoms with Crippen LogP contribution in [-0.2, 0) is 32.0 Å². The number of nitrogens with zero attached hydrogens (tertiary/aromatic N) is 6. The van der Waals surface area contributed by atoms with Gasteiger partial charge in [0.1, 0.15) is 13.1 Å². The lowest BCUT2D eigenvalue weighted by molar-refractivity contribution is -0.137. The lowest BCUT2D eigenvalue weighted by Gasteiger charge is -2.30. The van der Waals surface area contributed by atoms with Gasteiger partial charge in [0.15, 0.2) is 0 Å². The van der Waals surface area contributed by atoms with Crippen molar-refractivity contribution in [3.63, 3.8) is 0 Å². The van der Waals surface area contributed by atoms with Crippen LogP contribution in [0.25, 0.3) is 22.3 Å². The van der Waals surface area contributed by atoms with Crippen LogP contribution in [-0.4, -0.2) is 124 Å². The lowest BCUT2D eigenvalue weighted by atomic mass is 9.99. The molecule has 1 aliphatic carbocycles. The zero-order chi connectivity index (χ0) is 55.5. The number of carbonyl (C=O) groups is 4. The molecule has 4 N–H and O–H groups in total. The fourth-order valence-electron chi connectivity index (χ4n) is 10.1. The van der Waals surface area contributed by atoms with Crippen molar-refractivity contribution in [3.05, 3.63) is 175 Å². The summed E-state index contributed by atoms with van der Waals surface area (Å²) >= 11 is 24.3. The van der Waals surface area contributed by atoms with E-state index in [1.165, 1.54) is 0 Å². The number of hydrogen-bond acceptors (Lipinski definition) is 10. The third-order valence-electron chi connectivity index (χ3n) is 14.1. The van der Waals surface area contributed by atoms with E-state index in [9.17, 15) is 39.9 Å². The van der Waals surface area contributed by atoms with Crippen LogP contribution in [0.3, 0.4) is 0 Å². The van der Waals surface area contributed by atoms with Gasteiger partial charge in [-0.15, -0.1) is 0 Å². The van der Waals surface area contributed by atoms with Crippen LogP contribution < -0.4 is 10.6 Å². The summed E-state index contributed by atoms with van der Waals surface area (Å²) < 4.78 is 0. The number of benzene rings is 6. The molecule has 402 valence electrons. The number of aliphatic hydroxyl groups excluding tert-OH is 2. The molecule has 3 aliphatic rings. The van der Waals surface area contributed by atoms with Crippen molar-refractivity contribution in [2.24, 2.45) is 0 Å². The maximum atomic E-state index is 13.5. The lowest BCUT2D eigenvalue weighted by Crippen LogP contribution is -2.49. The minimum Gasteiger partial charge on any atom is -0.392 e. The molecule has 2 saturated heterocycles. The highest BCUT2D eigenvalue weighted by molar-refractivity contribution is 6.35. The van der Waals surface area contributed by atoms with Gasteiger partial charge in [-0.1, -0.05) is 113 Å². The highest BCUT2D eigenvalue weighted by Gasteiger charge is 2.34. The minimum atomic E-state index is -0.434. The number of fused-ring (bicyclic) bond motifs is 1. The number of amides is 4. The molecule has 0 aromatic heterocycles. The van der Waals surface area contributed by atoms with E-state index in [1.54, 1.807) is 58.3 Å². The Morgan fingerprint density at radius 1 is 0.615 bits per heavy atom. The molecule has 2 aliphatic heterocycles. The summed E-state index contributed by atoms with van der Waals surface area (Å²) in [7, 11) is 0. The molecule has 2 heterocycles. The van der Waals surface area contributed by atoms with Crippen molar-refractivity contribution in [1.29, 1.82) is 10.5 Å². The molecule has 1 unspecified atom stereocenters. The van der Waals surface area contributed by atoms with Gasteiger partial charge in [0, 0.05) is 76.7 Å². The van der Waals surface area contributed by atoms with Crippen LogP contribution in [0.4, 0.5) is 11.4 Å². The van der Waals surface area contributed by atoms with Gasteiger partial charge in [0.05, 0.1) is 48.1 Å². The Hall–Kier alpha value is -6.82. The normalized spacial score (nSPS) is 17.2. The number of halogens is 4. The minimum absolute atomic E-state index is 0.116. The molecular formula is C60H58Cl4N8O6. The van der Waals surface area contributed by atoms with Gasteiger partial charge in [-0.2, -0.15) is 10.5 Å². The molecule has 9 rings (SSSR count). The summed E-state index contributed by atoms with van der Waals surface area (Å²) in [4.78, 5) is 60.3. The standard InChI is InChI=1S/C30H28Cl2N4O3.C30H30Cl2N4O3/c31-24-12-25(32)14-26(13-24)34-29(38)17-36(30(39)18-35-7-6-28(37)16-35)27-10-22-5-4-21(9-23(22)11-27)20-3-1-2-19(8-20)15-33;1-20(22-5-7-23(8-6-22)24-4-2-3-21(13-24)17-33)36(30(39)10-12-35-11-9-28(37)18-35)19-29(38)34-27-15-25(31)14-26(32)16-27/h1-5,8-9,12-14,27-28,37H,6-7,10-11,16-18H2,(H,34,38);2-8,13-16,20,28,37H,9-12,18-19H2,1H3,(H,34,38)/t27?,28-;20-,28+/m01/s1. The van der Waals surface area contributed by atoms with Crippen LogP contribution in [0.15, 0.2) is 127 Å². The molecule has 4 atom stereocenters. The smallest absolute Gasteiger partial charge is 0.244 e. The maximum Gasteiger partial charge on any atom is 0.244 e. The first kappa shape index (κ1) is 57.4. The molecule has 14 nitrogen and oxygen atoms in total. The average molecular weight is 1130 g/mol. The van der Waals surface area contributed by atoms with Crippen LogP contribution in [0.2, 0.25) is 20.1 Å². The van der Waals surface area contributed by atoms with Crippen molar-refractivity contribution in [2.75, 3.05) is 63.0 Å². The highest BCUT2D eigenvalue weighted by atomic mass is 35.5. The number of aliphatic hydroxyl groups is 2. The Morgan fingerprint density at radius 3 is 1.65 bits per heavy atom. The predicted molar refractivity (Wildman–Crippen MR) is 305 cm³/mol. The zero-order valence-corrected chi connectivity index (χ0v) is 45.9. The number of nitriles is 2. The molecule has 0 saturated carbocycles. The van der Waals surface area contributed by atoms with Gasteiger partial charge in [-0.25, -0.2) is 0 Å². The summed E-state index contributed by atoms with van der Waals surface area (Å²) in [6.45, 7) is 4.67. The van der Waals surface area contributed by atoms with E-state index in [2.05, 4.69) is 39.8 Å². The molecule has 0 radical (unpaired) electrons. The fraction of sp³-hybridized carbons (Fsp3) is 0.300. The first-order chi connectivity index (χ1) is 37.5. The van der Waals surface area contributed by atoms with Gasteiger partial charge in [-0.05, 0) is 132 Å². The molecule has 2 fully saturated rings. The topological polar surface area (TPSA) is 193 Å². The van der Waals surface area contributed by atoms with Crippen molar-refractivity contribution in [2.45, 2.75) is 63.3 Å². The van der Waals surface area contributed by atoms with E-state index in [4.69, 9.17) is 46.4 Å². The summed E-state index contributed by atoms with van der Waals surface area (Å²) in [6, 6.07) is 42.2. The van der Waals surface area contributed by atoms with Gasteiger partial charge in [0.25, 0.3) is 0 Å². The molecule has 0 bridgehead atoms. The molecule has 6 aromatic carbocycles. The first-order valence-corrected chi connectivity index (χ1v) is 27.1. The second kappa shape index (κ2) is 26.7. The number of hydrogen-bond donors (Lipinski definition) is 4. The van der Waals surface area contributed by atoms with Gasteiger partial charge < -0.3 is 35.5 Å². The fourth-order valence-corrected chi connectivity index (χ4v) is 11.2. The third kappa shape index (κ3) is 15.7. The van der Waals surface area contributed by atoms with Crippen LogP contribution in [0.5, 0.6) is 0 Å². The number of β-amino-alcohol motifs (C(OH)–C–C–N with tert-alkyl or cyclic N) is 2. The third-order valence-corrected chi connectivity index (χ3v) is 15.0. The molecule has 78 heavy (non-hydrogen) atoms. The Balaban J connectivity index is 0.000000206. The molecule has 6 aromatic rings. The van der Waals surface area contributed by atoms with E-state index >= 15 is 0 Å². The summed E-state index contributed by atoms with van der Waals surface area (Å²) in [5.74, 6) is -1.01. The van der Waals surface area contributed by atoms with E-state index in [0.717, 1.165) is 45.5 Å². The second-order valence-corrected chi connectivity index (χ2v) is 21.6. The Morgan fingerprint density at radius 2 is 1.12 bits per heavy atom. The Labute approximate surface area is 474 Å². The van der Waals surface area contributed by atoms with Gasteiger partial charge in [-0.3, -0.25) is 24.1 Å². The van der Waals surface area contributed by atoms with E-state index in [1.807, 2.05) is 78.6 Å². The van der Waals surface area contributed by atoms with Crippen molar-refractivity contribution in [3.8, 4) is 34.4 Å². The van der Waals surface area contributed by atoms with Crippen LogP contribution in [0, 0.1) is 22.7 Å². The van der Waals surface area contributed by atoms with Gasteiger partial charge in [0.2, 0.25) is 23.6 Å². The molecular weight excluding hydrogens is 1070 g/mol. The molecule has 4 amide bonds. The highest BCUT2D eigenvalue weighted by Crippen LogP contribution is 2.32. The number of carbonyl (C=O) groups excluding carboxylic acids is 4. The SMILES string of the molecule is C[C@H](c1ccc(-c2cccc(C#N)c2)cc1)N(CC(=O)Nc1cc(Cl)cc(Cl)c1)C(=O)CCN1CC[C@H](O)C1.N#Cc1cccc(-c2ccc3c(c2)CC(N(CC(=O)Nc2cc(Cl)cc(Cl)c2)C(=O)CN2CC[C@H](O)C2)C3)c1. The number of likely N-dealkylation sites (tertiary alicyclic amines) is 2. The van der Waals surface area contributed by atoms with E-state index in [0.29, 0.717) is 94.5 Å². The molecule has 18 heteroatoms. The zero-order valence-electron chi connectivity index (χ0n) is 42.8. The predicted octanol–water partition coefficient (Wildman–Crippen LogP) is 10.1. The van der Waals surface area contributed by atoms with Crippen molar-refractivity contribution < 1.29 is 29.4 Å². The number of rotatable bonds is 16. The number of nitrogens with one attached hydrogen (secondary N) is 2. The summed E-state index contributed by atoms with van der Waals surface area (Å²) in [5.41, 5.74) is 9.07. The van der Waals surface area contributed by atoms with E-state index < -0.39 is 6.10 Å². The summed E-state index contributed by atoms with van der Waals surface area (Å²) in [6.07, 6.45) is 2.01. The van der Waals surface area contributed by atoms with Crippen molar-refractivity contribution in [1.82, 2.24) is 19.6 Å². The van der Waals surface area contributed by atoms with Crippen LogP contribution in [0.1, 0.15) is 60.0 Å². The van der Waals surface area contributed by atoms with Gasteiger partial charge >= 0.3 is 0 Å². The number of anilines is 2. The Kier molecular flexibility index (Phi) is 19.6. The maximum absolute atomic E-state index is 13.5. The molecule has 0 spiro atoms. The van der Waals surface area contributed by atoms with Crippen LogP contribution >= 0.6 is 46.4 Å². The average Bonchev–Trinajstić information content (AvgIpc) is 4.18. The second-order valence-electron chi connectivity index (χ2n) is 19.9. The quantitative estimate of drug-likeness (QED) is 0.0725. The summed E-state index contributed by atoms with van der Waals surface area (Å²) in [5, 5.41) is 45.4. The first-order valence-electron chi connectivity index (χ1n) is 25.6. The largest absolute Gasteiger partial charge is 0.392 e. The van der Waals surface area contributed by atoms with E-state index in [-0.39, 0.29) is 67.9 Å². The monoisotopic (exact) mass is 1130 g/mol.